The van der Waals surface area contributed by atoms with Crippen molar-refractivity contribution in [3.63, 3.8) is 0 Å². The highest BCUT2D eigenvalue weighted by Gasteiger charge is 2.24. The zero-order valence-corrected chi connectivity index (χ0v) is 19.6. The molecule has 32 heavy (non-hydrogen) atoms. The van der Waals surface area contributed by atoms with Crippen LogP contribution in [0.15, 0.2) is 60.7 Å². The fraction of sp³-hybridized carbons (Fsp3) is 0.423. The number of aliphatic hydroxyl groups excluding tert-OH is 1. The van der Waals surface area contributed by atoms with Crippen molar-refractivity contribution in [3.05, 3.63) is 71.9 Å². The molecule has 0 saturated heterocycles. The fourth-order valence-electron chi connectivity index (χ4n) is 3.61. The minimum Gasteiger partial charge on any atom is -0.439 e. The summed E-state index contributed by atoms with van der Waals surface area (Å²) in [6.07, 6.45) is 0.235. The highest BCUT2D eigenvalue weighted by molar-refractivity contribution is 5.43. The van der Waals surface area contributed by atoms with Crippen LogP contribution >= 0.6 is 0 Å². The summed E-state index contributed by atoms with van der Waals surface area (Å²) < 4.78 is 13.7. The van der Waals surface area contributed by atoms with E-state index in [0.717, 1.165) is 29.1 Å². The van der Waals surface area contributed by atoms with Gasteiger partial charge in [0.2, 0.25) is 5.88 Å². The average molecular weight is 438 g/mol. The van der Waals surface area contributed by atoms with Gasteiger partial charge in [-0.3, -0.25) is 4.90 Å². The molecule has 6 heteroatoms. The molecule has 172 valence electrons. The fourth-order valence-corrected chi connectivity index (χ4v) is 3.61. The minimum absolute atomic E-state index is 0.237. The Labute approximate surface area is 191 Å². The molecule has 0 amide bonds. The van der Waals surface area contributed by atoms with Crippen molar-refractivity contribution in [2.75, 3.05) is 19.8 Å². The monoisotopic (exact) mass is 437 g/mol. The van der Waals surface area contributed by atoms with Gasteiger partial charge in [-0.25, -0.2) is 4.68 Å². The van der Waals surface area contributed by atoms with Gasteiger partial charge in [0.25, 0.3) is 0 Å². The molecule has 0 radical (unpaired) electrons. The molecule has 1 unspecified atom stereocenters. The molecule has 1 atom stereocenters. The summed E-state index contributed by atoms with van der Waals surface area (Å²) in [6.45, 7) is 10.4. The van der Waals surface area contributed by atoms with Gasteiger partial charge < -0.3 is 14.6 Å². The largest absolute Gasteiger partial charge is 0.439 e. The van der Waals surface area contributed by atoms with E-state index in [2.05, 4.69) is 25.7 Å². The molecule has 0 fully saturated rings. The van der Waals surface area contributed by atoms with E-state index in [1.165, 1.54) is 0 Å². The second kappa shape index (κ2) is 11.8. The van der Waals surface area contributed by atoms with Gasteiger partial charge in [-0.15, -0.1) is 0 Å². The number of para-hydroxylation sites is 2. The molecule has 1 aromatic heterocycles. The summed E-state index contributed by atoms with van der Waals surface area (Å²) in [5, 5.41) is 15.4. The first-order valence-corrected chi connectivity index (χ1v) is 11.4. The summed E-state index contributed by atoms with van der Waals surface area (Å²) >= 11 is 0. The summed E-state index contributed by atoms with van der Waals surface area (Å²) in [6, 6.07) is 20.1. The Bertz CT molecular complexity index is 942. The third-order valence-electron chi connectivity index (χ3n) is 5.36. The Morgan fingerprint density at radius 1 is 1.00 bits per heavy atom. The predicted molar refractivity (Wildman–Crippen MR) is 128 cm³/mol. The van der Waals surface area contributed by atoms with Crippen LogP contribution in [0.2, 0.25) is 0 Å². The second-order valence-corrected chi connectivity index (χ2v) is 8.08. The standard InChI is InChI=1S/C26H35N3O3/c1-5-25-24(18-28(20(3)4)17-22(30)19-31-6-2)26(32-23-15-11-8-12-16-23)29(27-25)21-13-9-7-10-14-21/h7-16,20,22,30H,5-6,17-19H2,1-4H3. The Hall–Kier alpha value is -2.67. The minimum atomic E-state index is -0.551. The number of rotatable bonds is 12. The number of ether oxygens (including phenoxy) is 2. The third-order valence-corrected chi connectivity index (χ3v) is 5.36. The van der Waals surface area contributed by atoms with Crippen molar-refractivity contribution in [2.45, 2.75) is 52.8 Å². The van der Waals surface area contributed by atoms with Crippen molar-refractivity contribution >= 4 is 0 Å². The topological polar surface area (TPSA) is 59.8 Å². The van der Waals surface area contributed by atoms with Gasteiger partial charge in [0.05, 0.1) is 29.7 Å². The maximum atomic E-state index is 10.5. The van der Waals surface area contributed by atoms with Gasteiger partial charge in [-0.2, -0.15) is 5.10 Å². The zero-order valence-electron chi connectivity index (χ0n) is 19.6. The lowest BCUT2D eigenvalue weighted by atomic mass is 10.1. The Balaban J connectivity index is 1.99. The number of benzene rings is 2. The van der Waals surface area contributed by atoms with Crippen LogP contribution in [-0.2, 0) is 17.7 Å². The lowest BCUT2D eigenvalue weighted by Gasteiger charge is -2.29. The highest BCUT2D eigenvalue weighted by atomic mass is 16.5. The van der Waals surface area contributed by atoms with E-state index in [1.807, 2.05) is 72.3 Å². The normalized spacial score (nSPS) is 12.5. The number of hydrogen-bond donors (Lipinski definition) is 1. The van der Waals surface area contributed by atoms with E-state index >= 15 is 0 Å². The van der Waals surface area contributed by atoms with Crippen molar-refractivity contribution < 1.29 is 14.6 Å². The van der Waals surface area contributed by atoms with Crippen LogP contribution in [0.1, 0.15) is 39.0 Å². The quantitative estimate of drug-likeness (QED) is 0.440. The van der Waals surface area contributed by atoms with Crippen molar-refractivity contribution in [1.82, 2.24) is 14.7 Å². The van der Waals surface area contributed by atoms with Gasteiger partial charge in [-0.05, 0) is 51.5 Å². The number of aromatic nitrogens is 2. The van der Waals surface area contributed by atoms with E-state index in [4.69, 9.17) is 14.6 Å². The highest BCUT2D eigenvalue weighted by Crippen LogP contribution is 2.32. The van der Waals surface area contributed by atoms with E-state index in [-0.39, 0.29) is 6.04 Å². The van der Waals surface area contributed by atoms with Crippen LogP contribution in [0.5, 0.6) is 11.6 Å². The molecule has 3 rings (SSSR count). The van der Waals surface area contributed by atoms with Gasteiger partial charge in [0.15, 0.2) is 0 Å². The van der Waals surface area contributed by atoms with Crippen LogP contribution in [0, 0.1) is 0 Å². The van der Waals surface area contributed by atoms with Gasteiger partial charge in [0, 0.05) is 25.7 Å². The van der Waals surface area contributed by atoms with Gasteiger partial charge in [0.1, 0.15) is 5.75 Å². The predicted octanol–water partition coefficient (Wildman–Crippen LogP) is 4.83. The third kappa shape index (κ3) is 6.19. The Morgan fingerprint density at radius 3 is 2.25 bits per heavy atom. The first-order chi connectivity index (χ1) is 15.5. The summed E-state index contributed by atoms with van der Waals surface area (Å²) in [7, 11) is 0. The lowest BCUT2D eigenvalue weighted by molar-refractivity contribution is 0.0131. The number of nitrogens with zero attached hydrogens (tertiary/aromatic N) is 3. The molecule has 1 heterocycles. The lowest BCUT2D eigenvalue weighted by Crippen LogP contribution is -2.39. The smallest absolute Gasteiger partial charge is 0.227 e. The second-order valence-electron chi connectivity index (χ2n) is 8.08. The summed E-state index contributed by atoms with van der Waals surface area (Å²) in [5.41, 5.74) is 2.98. The Kier molecular flexibility index (Phi) is 8.85. The molecule has 0 bridgehead atoms. The van der Waals surface area contributed by atoms with E-state index in [9.17, 15) is 5.11 Å². The molecule has 0 aliphatic rings. The maximum Gasteiger partial charge on any atom is 0.227 e. The van der Waals surface area contributed by atoms with Crippen LogP contribution in [0.3, 0.4) is 0 Å². The summed E-state index contributed by atoms with van der Waals surface area (Å²) in [4.78, 5) is 2.24. The van der Waals surface area contributed by atoms with E-state index in [1.54, 1.807) is 0 Å². The SMILES string of the molecule is CCOCC(O)CN(Cc1c(CC)nn(-c2ccccc2)c1Oc1ccccc1)C(C)C. The molecule has 0 spiro atoms. The first kappa shape index (κ1) is 24.0. The Morgan fingerprint density at radius 2 is 1.66 bits per heavy atom. The van der Waals surface area contributed by atoms with Crippen LogP contribution in [-0.4, -0.2) is 51.7 Å². The summed E-state index contributed by atoms with van der Waals surface area (Å²) in [5.74, 6) is 1.48. The van der Waals surface area contributed by atoms with E-state index in [0.29, 0.717) is 32.2 Å². The van der Waals surface area contributed by atoms with E-state index < -0.39 is 6.10 Å². The molecular formula is C26H35N3O3. The molecule has 0 aliphatic carbocycles. The molecule has 0 aliphatic heterocycles. The molecular weight excluding hydrogens is 402 g/mol. The van der Waals surface area contributed by atoms with Crippen LogP contribution < -0.4 is 4.74 Å². The first-order valence-electron chi connectivity index (χ1n) is 11.4. The van der Waals surface area contributed by atoms with Gasteiger partial charge >= 0.3 is 0 Å². The molecule has 6 nitrogen and oxygen atoms in total. The van der Waals surface area contributed by atoms with Gasteiger partial charge in [-0.1, -0.05) is 43.3 Å². The molecule has 1 N–H and O–H groups in total. The average Bonchev–Trinajstić information content (AvgIpc) is 3.15. The van der Waals surface area contributed by atoms with Crippen LogP contribution in [0.4, 0.5) is 0 Å². The molecule has 2 aromatic carbocycles. The van der Waals surface area contributed by atoms with Crippen molar-refractivity contribution in [1.29, 1.82) is 0 Å². The molecule has 3 aromatic rings. The number of aryl methyl sites for hydroxylation is 1. The number of hydrogen-bond acceptors (Lipinski definition) is 5. The number of aliphatic hydroxyl groups is 1. The zero-order chi connectivity index (χ0) is 22.9. The van der Waals surface area contributed by atoms with Crippen molar-refractivity contribution in [3.8, 4) is 17.3 Å². The molecule has 0 saturated carbocycles. The van der Waals surface area contributed by atoms with Crippen LogP contribution in [0.25, 0.3) is 5.69 Å². The van der Waals surface area contributed by atoms with Crippen molar-refractivity contribution in [2.24, 2.45) is 0 Å². The maximum absolute atomic E-state index is 10.5.